The summed E-state index contributed by atoms with van der Waals surface area (Å²) in [6.45, 7) is 2.20. The summed E-state index contributed by atoms with van der Waals surface area (Å²) in [7, 11) is 0. The Morgan fingerprint density at radius 3 is 2.30 bits per heavy atom. The molecule has 2 aromatic rings. The second-order valence-electron chi connectivity index (χ2n) is 5.22. The molecule has 3 rings (SSSR count). The summed E-state index contributed by atoms with van der Waals surface area (Å²) in [6.07, 6.45) is 0. The minimum absolute atomic E-state index is 0.0768. The van der Waals surface area contributed by atoms with Gasteiger partial charge in [0, 0.05) is 6.54 Å². The van der Waals surface area contributed by atoms with E-state index in [-0.39, 0.29) is 12.0 Å². The fourth-order valence-electron chi connectivity index (χ4n) is 2.84. The van der Waals surface area contributed by atoms with Gasteiger partial charge in [-0.3, -0.25) is 5.32 Å². The van der Waals surface area contributed by atoms with Crippen LogP contribution in [-0.2, 0) is 16.8 Å². The fourth-order valence-corrected chi connectivity index (χ4v) is 2.84. The van der Waals surface area contributed by atoms with Crippen molar-refractivity contribution < 1.29 is 9.84 Å². The van der Waals surface area contributed by atoms with E-state index in [9.17, 15) is 5.11 Å². The number of hydrogen-bond acceptors (Lipinski definition) is 3. The van der Waals surface area contributed by atoms with Crippen molar-refractivity contribution in [3.05, 3.63) is 71.3 Å². The van der Waals surface area contributed by atoms with E-state index >= 15 is 0 Å². The van der Waals surface area contributed by atoms with Gasteiger partial charge in [0.25, 0.3) is 0 Å². The van der Waals surface area contributed by atoms with Crippen molar-refractivity contribution in [2.45, 2.75) is 12.0 Å². The summed E-state index contributed by atoms with van der Waals surface area (Å²) in [4.78, 5) is 0. The largest absolute Gasteiger partial charge is 0.392 e. The quantitative estimate of drug-likeness (QED) is 0.896. The van der Waals surface area contributed by atoms with Gasteiger partial charge in [-0.15, -0.1) is 0 Å². The van der Waals surface area contributed by atoms with Gasteiger partial charge in [0.2, 0.25) is 0 Å². The number of ether oxygens (including phenoxy) is 1. The van der Waals surface area contributed by atoms with Crippen molar-refractivity contribution in [3.8, 4) is 0 Å². The van der Waals surface area contributed by atoms with Gasteiger partial charge in [-0.2, -0.15) is 0 Å². The van der Waals surface area contributed by atoms with E-state index in [1.165, 1.54) is 11.1 Å². The molecule has 0 aliphatic carbocycles. The second-order valence-corrected chi connectivity index (χ2v) is 5.22. The Hall–Kier alpha value is -1.68. The van der Waals surface area contributed by atoms with Gasteiger partial charge in [0.15, 0.2) is 0 Å². The maximum Gasteiger partial charge on any atom is 0.0966 e. The molecule has 104 valence electrons. The predicted molar refractivity (Wildman–Crippen MR) is 78.4 cm³/mol. The lowest BCUT2D eigenvalue weighted by molar-refractivity contribution is 0.0420. The maximum absolute atomic E-state index is 9.18. The number of aliphatic hydroxyl groups excluding tert-OH is 1. The monoisotopic (exact) mass is 269 g/mol. The molecule has 0 amide bonds. The van der Waals surface area contributed by atoms with E-state index in [2.05, 4.69) is 41.7 Å². The summed E-state index contributed by atoms with van der Waals surface area (Å²) in [6, 6.07) is 18.6. The lowest BCUT2D eigenvalue weighted by Gasteiger charge is -2.38. The molecule has 1 unspecified atom stereocenters. The van der Waals surface area contributed by atoms with Crippen LogP contribution < -0.4 is 5.32 Å². The molecule has 1 atom stereocenters. The van der Waals surface area contributed by atoms with Crippen LogP contribution in [0.4, 0.5) is 0 Å². The van der Waals surface area contributed by atoms with Crippen LogP contribution in [0.2, 0.25) is 0 Å². The molecule has 0 radical (unpaired) electrons. The number of aliphatic hydroxyl groups is 1. The highest BCUT2D eigenvalue weighted by atomic mass is 16.5. The smallest absolute Gasteiger partial charge is 0.0966 e. The fraction of sp³-hybridized carbons (Fsp3) is 0.294. The molecule has 3 nitrogen and oxygen atoms in total. The van der Waals surface area contributed by atoms with E-state index in [1.807, 2.05) is 18.2 Å². The van der Waals surface area contributed by atoms with Crippen LogP contribution in [0.5, 0.6) is 0 Å². The van der Waals surface area contributed by atoms with Crippen LogP contribution in [-0.4, -0.2) is 25.0 Å². The van der Waals surface area contributed by atoms with Crippen molar-refractivity contribution in [2.75, 3.05) is 19.9 Å². The Morgan fingerprint density at radius 1 is 1.00 bits per heavy atom. The van der Waals surface area contributed by atoms with E-state index in [4.69, 9.17) is 4.74 Å². The van der Waals surface area contributed by atoms with Gasteiger partial charge >= 0.3 is 0 Å². The van der Waals surface area contributed by atoms with Crippen molar-refractivity contribution in [2.24, 2.45) is 0 Å². The van der Waals surface area contributed by atoms with Gasteiger partial charge in [0.05, 0.1) is 25.4 Å². The topological polar surface area (TPSA) is 41.5 Å². The van der Waals surface area contributed by atoms with Crippen molar-refractivity contribution in [1.82, 2.24) is 5.32 Å². The molecular weight excluding hydrogens is 250 g/mol. The highest BCUT2D eigenvalue weighted by molar-refractivity contribution is 5.41. The first-order chi connectivity index (χ1) is 9.85. The third-order valence-electron chi connectivity index (χ3n) is 3.99. The van der Waals surface area contributed by atoms with Crippen LogP contribution >= 0.6 is 0 Å². The Kier molecular flexibility index (Phi) is 3.83. The molecular formula is C17H19NO2. The zero-order chi connectivity index (χ0) is 13.8. The molecule has 0 aromatic heterocycles. The molecule has 1 saturated heterocycles. The SMILES string of the molecule is OCc1ccc(C2(c3ccccc3)CNCOC2)cc1. The molecule has 1 fully saturated rings. The molecule has 1 aliphatic rings. The Balaban J connectivity index is 2.05. The highest BCUT2D eigenvalue weighted by Crippen LogP contribution is 2.34. The lowest BCUT2D eigenvalue weighted by atomic mass is 9.74. The van der Waals surface area contributed by atoms with E-state index in [1.54, 1.807) is 0 Å². The third-order valence-corrected chi connectivity index (χ3v) is 3.99. The first kappa shape index (κ1) is 13.3. The van der Waals surface area contributed by atoms with Crippen LogP contribution in [0.15, 0.2) is 54.6 Å². The first-order valence-corrected chi connectivity index (χ1v) is 6.89. The summed E-state index contributed by atoms with van der Waals surface area (Å²) in [5.41, 5.74) is 3.24. The van der Waals surface area contributed by atoms with Crippen LogP contribution in [0.3, 0.4) is 0 Å². The van der Waals surface area contributed by atoms with Crippen LogP contribution in [0.1, 0.15) is 16.7 Å². The Labute approximate surface area is 119 Å². The standard InChI is InChI=1S/C17H19NO2/c19-10-14-6-8-16(9-7-14)17(11-18-13-20-12-17)15-4-2-1-3-5-15/h1-9,18-19H,10-13H2. The van der Waals surface area contributed by atoms with Crippen molar-refractivity contribution in [1.29, 1.82) is 0 Å². The van der Waals surface area contributed by atoms with Crippen LogP contribution in [0.25, 0.3) is 0 Å². The van der Waals surface area contributed by atoms with E-state index in [0.29, 0.717) is 13.3 Å². The minimum Gasteiger partial charge on any atom is -0.392 e. The molecule has 0 spiro atoms. The van der Waals surface area contributed by atoms with Crippen LogP contribution in [0, 0.1) is 0 Å². The number of benzene rings is 2. The third kappa shape index (κ3) is 2.36. The number of rotatable bonds is 3. The molecule has 0 bridgehead atoms. The summed E-state index contributed by atoms with van der Waals surface area (Å²) in [5.74, 6) is 0. The zero-order valence-electron chi connectivity index (χ0n) is 11.4. The molecule has 1 aliphatic heterocycles. The first-order valence-electron chi connectivity index (χ1n) is 6.89. The van der Waals surface area contributed by atoms with E-state index in [0.717, 1.165) is 12.1 Å². The summed E-state index contributed by atoms with van der Waals surface area (Å²) in [5, 5.41) is 12.5. The summed E-state index contributed by atoms with van der Waals surface area (Å²) >= 11 is 0. The van der Waals surface area contributed by atoms with Crippen molar-refractivity contribution >= 4 is 0 Å². The zero-order valence-corrected chi connectivity index (χ0v) is 11.4. The summed E-state index contributed by atoms with van der Waals surface area (Å²) < 4.78 is 5.69. The molecule has 20 heavy (non-hydrogen) atoms. The molecule has 2 aromatic carbocycles. The Morgan fingerprint density at radius 2 is 1.70 bits per heavy atom. The average Bonchev–Trinajstić information content (AvgIpc) is 2.56. The molecule has 0 saturated carbocycles. The van der Waals surface area contributed by atoms with Gasteiger partial charge in [-0.25, -0.2) is 0 Å². The maximum atomic E-state index is 9.18. The number of nitrogens with one attached hydrogen (secondary N) is 1. The molecule has 2 N–H and O–H groups in total. The second kappa shape index (κ2) is 5.75. The normalized spacial score (nSPS) is 22.6. The van der Waals surface area contributed by atoms with Gasteiger partial charge in [-0.1, -0.05) is 54.6 Å². The van der Waals surface area contributed by atoms with Crippen molar-refractivity contribution in [3.63, 3.8) is 0 Å². The predicted octanol–water partition coefficient (Wildman–Crippen LogP) is 2.04. The average molecular weight is 269 g/mol. The van der Waals surface area contributed by atoms with Gasteiger partial charge < -0.3 is 9.84 Å². The Bertz CT molecular complexity index is 545. The highest BCUT2D eigenvalue weighted by Gasteiger charge is 2.36. The molecule has 1 heterocycles. The lowest BCUT2D eigenvalue weighted by Crippen LogP contribution is -2.48. The van der Waals surface area contributed by atoms with Gasteiger partial charge in [-0.05, 0) is 16.7 Å². The van der Waals surface area contributed by atoms with Gasteiger partial charge in [0.1, 0.15) is 0 Å². The molecule has 3 heteroatoms. The minimum atomic E-state index is -0.159. The van der Waals surface area contributed by atoms with E-state index < -0.39 is 0 Å². The number of hydrogen-bond donors (Lipinski definition) is 2.